The highest BCUT2D eigenvalue weighted by Gasteiger charge is 2.11. The van der Waals surface area contributed by atoms with Crippen LogP contribution in [0.1, 0.15) is 5.56 Å². The van der Waals surface area contributed by atoms with Crippen LogP contribution >= 0.6 is 23.4 Å². The van der Waals surface area contributed by atoms with Crippen molar-refractivity contribution in [1.29, 1.82) is 0 Å². The van der Waals surface area contributed by atoms with Crippen LogP contribution in [0.3, 0.4) is 0 Å². The fraction of sp³-hybridized carbons (Fsp3) is 0.125. The summed E-state index contributed by atoms with van der Waals surface area (Å²) in [6.07, 6.45) is 0. The molecule has 1 N–H and O–H groups in total. The molecule has 3 rings (SSSR count). The van der Waals surface area contributed by atoms with Gasteiger partial charge >= 0.3 is 0 Å². The maximum absolute atomic E-state index is 13.0. The highest BCUT2D eigenvalue weighted by Crippen LogP contribution is 2.25. The number of hydrogen-bond acceptors (Lipinski definition) is 4. The number of nitrogens with one attached hydrogen (secondary N) is 1. The Labute approximate surface area is 141 Å². The zero-order chi connectivity index (χ0) is 16.4. The minimum absolute atomic E-state index is 0.136. The molecule has 0 aliphatic carbocycles. The molecule has 23 heavy (non-hydrogen) atoms. The first-order valence-electron chi connectivity index (χ1n) is 6.76. The predicted molar refractivity (Wildman–Crippen MR) is 89.5 cm³/mol. The molecule has 0 aliphatic rings. The zero-order valence-corrected chi connectivity index (χ0v) is 13.7. The van der Waals surface area contributed by atoms with Crippen LogP contribution in [-0.4, -0.2) is 16.6 Å². The standard InChI is InChI=1S/C16H12ClFN2O2S/c1-9-6-11(18)3-4-12(9)19-15(21)8-23-16-20-13-7-10(17)2-5-14(13)22-16/h2-7H,8H2,1H3,(H,19,21). The van der Waals surface area contributed by atoms with E-state index < -0.39 is 0 Å². The van der Waals surface area contributed by atoms with Crippen molar-refractivity contribution in [2.45, 2.75) is 12.1 Å². The Bertz CT molecular complexity index is 882. The Kier molecular flexibility index (Phi) is 4.54. The number of halogens is 2. The normalized spacial score (nSPS) is 10.9. The number of carbonyl (C=O) groups is 1. The molecule has 0 atom stereocenters. The van der Waals surface area contributed by atoms with Crippen molar-refractivity contribution in [3.63, 3.8) is 0 Å². The van der Waals surface area contributed by atoms with Crippen molar-refractivity contribution in [2.75, 3.05) is 11.1 Å². The number of anilines is 1. The van der Waals surface area contributed by atoms with Gasteiger partial charge < -0.3 is 9.73 Å². The van der Waals surface area contributed by atoms with Crippen molar-refractivity contribution >= 4 is 46.1 Å². The summed E-state index contributed by atoms with van der Waals surface area (Å²) in [5.41, 5.74) is 2.52. The Hall–Kier alpha value is -2.05. The van der Waals surface area contributed by atoms with E-state index in [2.05, 4.69) is 10.3 Å². The van der Waals surface area contributed by atoms with Gasteiger partial charge in [-0.05, 0) is 48.9 Å². The number of nitrogens with zero attached hydrogens (tertiary/aromatic N) is 1. The maximum Gasteiger partial charge on any atom is 0.257 e. The van der Waals surface area contributed by atoms with Crippen LogP contribution in [0.25, 0.3) is 11.1 Å². The first-order valence-corrected chi connectivity index (χ1v) is 8.12. The third-order valence-electron chi connectivity index (χ3n) is 3.12. The molecule has 3 aromatic rings. The maximum atomic E-state index is 13.0. The minimum Gasteiger partial charge on any atom is -0.431 e. The number of oxazole rings is 1. The average Bonchev–Trinajstić information content (AvgIpc) is 2.90. The van der Waals surface area contributed by atoms with E-state index in [1.807, 2.05) is 0 Å². The van der Waals surface area contributed by atoms with Crippen molar-refractivity contribution in [3.05, 3.63) is 52.8 Å². The summed E-state index contributed by atoms with van der Waals surface area (Å²) in [5, 5.41) is 3.71. The summed E-state index contributed by atoms with van der Waals surface area (Å²) >= 11 is 7.07. The number of hydrogen-bond donors (Lipinski definition) is 1. The highest BCUT2D eigenvalue weighted by atomic mass is 35.5. The van der Waals surface area contributed by atoms with E-state index in [0.29, 0.717) is 32.6 Å². The van der Waals surface area contributed by atoms with Crippen LogP contribution in [-0.2, 0) is 4.79 Å². The Balaban J connectivity index is 1.63. The van der Waals surface area contributed by atoms with Crippen LogP contribution < -0.4 is 5.32 Å². The van der Waals surface area contributed by atoms with Gasteiger partial charge in [0.1, 0.15) is 11.3 Å². The Morgan fingerprint density at radius 1 is 1.35 bits per heavy atom. The SMILES string of the molecule is Cc1cc(F)ccc1NC(=O)CSc1nc2cc(Cl)ccc2o1. The van der Waals surface area contributed by atoms with Crippen LogP contribution in [0.5, 0.6) is 0 Å². The van der Waals surface area contributed by atoms with Gasteiger partial charge in [0, 0.05) is 10.7 Å². The van der Waals surface area contributed by atoms with E-state index >= 15 is 0 Å². The number of thioether (sulfide) groups is 1. The Morgan fingerprint density at radius 2 is 2.17 bits per heavy atom. The molecule has 0 aliphatic heterocycles. The predicted octanol–water partition coefficient (Wildman–Crippen LogP) is 4.66. The van der Waals surface area contributed by atoms with E-state index in [1.54, 1.807) is 25.1 Å². The lowest BCUT2D eigenvalue weighted by Gasteiger charge is -2.07. The fourth-order valence-electron chi connectivity index (χ4n) is 2.02. The van der Waals surface area contributed by atoms with Crippen LogP contribution in [0.15, 0.2) is 46.0 Å². The van der Waals surface area contributed by atoms with E-state index in [0.717, 1.165) is 0 Å². The van der Waals surface area contributed by atoms with Crippen molar-refractivity contribution in [2.24, 2.45) is 0 Å². The van der Waals surface area contributed by atoms with Gasteiger partial charge in [0.15, 0.2) is 5.58 Å². The van der Waals surface area contributed by atoms with Gasteiger partial charge in [-0.3, -0.25) is 4.79 Å². The van der Waals surface area contributed by atoms with Gasteiger partial charge in [-0.2, -0.15) is 0 Å². The van der Waals surface area contributed by atoms with E-state index in [4.69, 9.17) is 16.0 Å². The van der Waals surface area contributed by atoms with Gasteiger partial charge in [0.2, 0.25) is 5.91 Å². The summed E-state index contributed by atoms with van der Waals surface area (Å²) in [5.74, 6) is -0.415. The molecule has 1 aromatic heterocycles. The highest BCUT2D eigenvalue weighted by molar-refractivity contribution is 7.99. The fourth-order valence-corrected chi connectivity index (χ4v) is 2.83. The molecule has 0 bridgehead atoms. The lowest BCUT2D eigenvalue weighted by molar-refractivity contribution is -0.113. The minimum atomic E-state index is -0.333. The molecule has 4 nitrogen and oxygen atoms in total. The number of aromatic nitrogens is 1. The largest absolute Gasteiger partial charge is 0.431 e. The Morgan fingerprint density at radius 3 is 2.96 bits per heavy atom. The van der Waals surface area contributed by atoms with Gasteiger partial charge in [0.05, 0.1) is 5.75 Å². The summed E-state index contributed by atoms with van der Waals surface area (Å²) < 4.78 is 18.6. The molecule has 0 fully saturated rings. The van der Waals surface area contributed by atoms with Gasteiger partial charge in [0.25, 0.3) is 5.22 Å². The first kappa shape index (κ1) is 15.8. The van der Waals surface area contributed by atoms with Crippen LogP contribution in [0.2, 0.25) is 5.02 Å². The molecule has 0 radical (unpaired) electrons. The quantitative estimate of drug-likeness (QED) is 0.695. The summed E-state index contributed by atoms with van der Waals surface area (Å²) in [6, 6.07) is 9.36. The zero-order valence-electron chi connectivity index (χ0n) is 12.1. The van der Waals surface area contributed by atoms with Crippen molar-refractivity contribution in [3.8, 4) is 0 Å². The first-order chi connectivity index (χ1) is 11.0. The van der Waals surface area contributed by atoms with Gasteiger partial charge in [-0.1, -0.05) is 23.4 Å². The average molecular weight is 351 g/mol. The van der Waals surface area contributed by atoms with E-state index in [9.17, 15) is 9.18 Å². The molecule has 1 heterocycles. The van der Waals surface area contributed by atoms with E-state index in [1.165, 1.54) is 30.0 Å². The number of benzene rings is 2. The summed E-state index contributed by atoms with van der Waals surface area (Å²) in [7, 11) is 0. The molecule has 0 unspecified atom stereocenters. The van der Waals surface area contributed by atoms with Gasteiger partial charge in [-0.15, -0.1) is 0 Å². The molecular weight excluding hydrogens is 339 g/mol. The van der Waals surface area contributed by atoms with Crippen LogP contribution in [0, 0.1) is 12.7 Å². The smallest absolute Gasteiger partial charge is 0.257 e. The second-order valence-electron chi connectivity index (χ2n) is 4.89. The lowest BCUT2D eigenvalue weighted by Crippen LogP contribution is -2.14. The van der Waals surface area contributed by atoms with Crippen molar-refractivity contribution < 1.29 is 13.6 Å². The second kappa shape index (κ2) is 6.60. The second-order valence-corrected chi connectivity index (χ2v) is 6.25. The molecule has 0 spiro atoms. The van der Waals surface area contributed by atoms with E-state index in [-0.39, 0.29) is 17.5 Å². The molecule has 0 saturated carbocycles. The summed E-state index contributed by atoms with van der Waals surface area (Å²) in [4.78, 5) is 16.2. The molecule has 118 valence electrons. The van der Waals surface area contributed by atoms with Crippen molar-refractivity contribution in [1.82, 2.24) is 4.98 Å². The molecule has 2 aromatic carbocycles. The van der Waals surface area contributed by atoms with Crippen LogP contribution in [0.4, 0.5) is 10.1 Å². The lowest BCUT2D eigenvalue weighted by atomic mass is 10.2. The number of aryl methyl sites for hydroxylation is 1. The molecule has 7 heteroatoms. The van der Waals surface area contributed by atoms with Gasteiger partial charge in [-0.25, -0.2) is 9.37 Å². The molecule has 0 saturated heterocycles. The number of carbonyl (C=O) groups excluding carboxylic acids is 1. The number of fused-ring (bicyclic) bond motifs is 1. The third kappa shape index (κ3) is 3.83. The monoisotopic (exact) mass is 350 g/mol. The molecule has 1 amide bonds. The third-order valence-corrected chi connectivity index (χ3v) is 4.18. The molecular formula is C16H12ClFN2O2S. The number of rotatable bonds is 4. The number of amides is 1. The topological polar surface area (TPSA) is 55.1 Å². The summed E-state index contributed by atoms with van der Waals surface area (Å²) in [6.45, 7) is 1.73.